The Balaban J connectivity index is 1.38. The maximum Gasteiger partial charge on any atom is 0.254 e. The van der Waals surface area contributed by atoms with E-state index in [0.717, 1.165) is 30.8 Å². The van der Waals surface area contributed by atoms with Crippen molar-refractivity contribution in [2.24, 2.45) is 0 Å². The number of rotatable bonds is 5. The van der Waals surface area contributed by atoms with Crippen LogP contribution in [0.4, 0.5) is 10.1 Å². The summed E-state index contributed by atoms with van der Waals surface area (Å²) in [7, 11) is 1.59. The number of nitrogens with one attached hydrogen (secondary N) is 1. The summed E-state index contributed by atoms with van der Waals surface area (Å²) in [4.78, 5) is 29.9. The smallest absolute Gasteiger partial charge is 0.254 e. The summed E-state index contributed by atoms with van der Waals surface area (Å²) in [5, 5.41) is 0. The maximum absolute atomic E-state index is 13.6. The fraction of sp³-hybridized carbons (Fsp3) is 0.391. The molecule has 0 spiro atoms. The number of anilines is 1. The monoisotopic (exact) mass is 412 g/mol. The molecule has 2 fully saturated rings. The summed E-state index contributed by atoms with van der Waals surface area (Å²) in [5.41, 5.74) is 2.25. The Bertz CT molecular complexity index is 941. The van der Waals surface area contributed by atoms with E-state index in [1.807, 2.05) is 29.2 Å². The molecule has 0 bridgehead atoms. The van der Waals surface area contributed by atoms with E-state index < -0.39 is 0 Å². The van der Waals surface area contributed by atoms with Crippen molar-refractivity contribution in [2.75, 3.05) is 44.7 Å². The third-order valence-corrected chi connectivity index (χ3v) is 5.92. The van der Waals surface area contributed by atoms with Crippen molar-refractivity contribution in [1.29, 1.82) is 0 Å². The number of halogens is 1. The number of ether oxygens (including phenoxy) is 1. The van der Waals surface area contributed by atoms with Crippen molar-refractivity contribution in [2.45, 2.75) is 19.4 Å². The van der Waals surface area contributed by atoms with Gasteiger partial charge in [-0.15, -0.1) is 0 Å². The zero-order valence-electron chi connectivity index (χ0n) is 17.2. The fourth-order valence-corrected chi connectivity index (χ4v) is 4.27. The molecule has 2 aliphatic rings. The number of carbonyl (C=O) groups excluding carboxylic acids is 2. The molecule has 0 aromatic heterocycles. The van der Waals surface area contributed by atoms with E-state index in [4.69, 9.17) is 4.74 Å². The Morgan fingerprint density at radius 1 is 1.13 bits per heavy atom. The van der Waals surface area contributed by atoms with Gasteiger partial charge in [0.05, 0.1) is 38.9 Å². The lowest BCUT2D eigenvalue weighted by atomic mass is 10.1. The quantitative estimate of drug-likeness (QED) is 0.810. The molecule has 0 unspecified atom stereocenters. The molecule has 1 N–H and O–H groups in total. The van der Waals surface area contributed by atoms with Crippen LogP contribution in [0.3, 0.4) is 0 Å². The largest absolute Gasteiger partial charge is 0.496 e. The topological polar surface area (TPSA) is 54.3 Å². The van der Waals surface area contributed by atoms with Crippen LogP contribution in [0.1, 0.15) is 28.8 Å². The van der Waals surface area contributed by atoms with Crippen LogP contribution in [0, 0.1) is 5.82 Å². The third kappa shape index (κ3) is 4.31. The Labute approximate surface area is 175 Å². The molecule has 2 saturated heterocycles. The van der Waals surface area contributed by atoms with Gasteiger partial charge in [-0.05, 0) is 42.8 Å². The number of carbonyl (C=O) groups is 2. The molecule has 0 aliphatic carbocycles. The molecule has 2 aliphatic heterocycles. The molecule has 0 atom stereocenters. The highest BCUT2D eigenvalue weighted by Crippen LogP contribution is 2.23. The zero-order valence-corrected chi connectivity index (χ0v) is 17.2. The summed E-state index contributed by atoms with van der Waals surface area (Å²) < 4.78 is 19.0. The first-order valence-corrected chi connectivity index (χ1v) is 10.4. The van der Waals surface area contributed by atoms with Gasteiger partial charge in [0.2, 0.25) is 5.91 Å². The number of quaternary nitrogens is 1. The first kappa shape index (κ1) is 20.3. The highest BCUT2D eigenvalue weighted by Gasteiger charge is 2.27. The second-order valence-electron chi connectivity index (χ2n) is 7.87. The molecule has 4 rings (SSSR count). The number of hydrogen-bond donors (Lipinski definition) is 1. The predicted octanol–water partition coefficient (Wildman–Crippen LogP) is 1.50. The minimum absolute atomic E-state index is 0.00844. The highest BCUT2D eigenvalue weighted by atomic mass is 19.1. The summed E-state index contributed by atoms with van der Waals surface area (Å²) in [6, 6.07) is 11.9. The lowest BCUT2D eigenvalue weighted by Crippen LogP contribution is -3.13. The van der Waals surface area contributed by atoms with E-state index in [2.05, 4.69) is 0 Å². The highest BCUT2D eigenvalue weighted by molar-refractivity contribution is 5.99. The van der Waals surface area contributed by atoms with Crippen LogP contribution >= 0.6 is 0 Å². The van der Waals surface area contributed by atoms with E-state index in [-0.39, 0.29) is 17.6 Å². The summed E-state index contributed by atoms with van der Waals surface area (Å²) in [6.07, 6.45) is 1.43. The van der Waals surface area contributed by atoms with Gasteiger partial charge in [-0.1, -0.05) is 6.07 Å². The van der Waals surface area contributed by atoms with Gasteiger partial charge in [0.1, 0.15) is 18.1 Å². The van der Waals surface area contributed by atoms with Crippen LogP contribution in [-0.4, -0.2) is 56.5 Å². The number of nitrogens with zero attached hydrogens (tertiary/aromatic N) is 2. The van der Waals surface area contributed by atoms with Crippen LogP contribution in [0.5, 0.6) is 5.75 Å². The van der Waals surface area contributed by atoms with Gasteiger partial charge in [0.25, 0.3) is 5.91 Å². The standard InChI is InChI=1S/C23H26FN3O3/c1-30-21-8-7-19(24)14-18(21)16-25-10-12-26(13-11-25)23(29)17-4-2-5-20(15-17)27-9-3-6-22(27)28/h2,4-5,7-8,14-15H,3,6,9-13,16H2,1H3/p+1. The first-order valence-electron chi connectivity index (χ1n) is 10.4. The Morgan fingerprint density at radius 3 is 2.63 bits per heavy atom. The van der Waals surface area contributed by atoms with Gasteiger partial charge >= 0.3 is 0 Å². The van der Waals surface area contributed by atoms with Gasteiger partial charge in [0.15, 0.2) is 0 Å². The molecule has 30 heavy (non-hydrogen) atoms. The lowest BCUT2D eigenvalue weighted by Gasteiger charge is -2.32. The predicted molar refractivity (Wildman–Crippen MR) is 111 cm³/mol. The Morgan fingerprint density at radius 2 is 1.93 bits per heavy atom. The SMILES string of the molecule is COc1ccc(F)cc1C[NH+]1CCN(C(=O)c2cccc(N3CCCC3=O)c2)CC1. The summed E-state index contributed by atoms with van der Waals surface area (Å²) >= 11 is 0. The van der Waals surface area contributed by atoms with Gasteiger partial charge in [-0.25, -0.2) is 4.39 Å². The van der Waals surface area contributed by atoms with Crippen LogP contribution in [-0.2, 0) is 11.3 Å². The van der Waals surface area contributed by atoms with Crippen LogP contribution in [0.2, 0.25) is 0 Å². The van der Waals surface area contributed by atoms with Crippen LogP contribution in [0.25, 0.3) is 0 Å². The maximum atomic E-state index is 13.6. The van der Waals surface area contributed by atoms with Gasteiger partial charge in [-0.2, -0.15) is 0 Å². The summed E-state index contributed by atoms with van der Waals surface area (Å²) in [6.45, 7) is 4.22. The fourth-order valence-electron chi connectivity index (χ4n) is 4.27. The molecule has 158 valence electrons. The van der Waals surface area contributed by atoms with Crippen molar-refractivity contribution in [1.82, 2.24) is 4.90 Å². The number of methoxy groups -OCH3 is 1. The molecule has 0 radical (unpaired) electrons. The van der Waals surface area contributed by atoms with E-state index in [0.29, 0.717) is 43.9 Å². The molecule has 0 saturated carbocycles. The molecule has 6 nitrogen and oxygen atoms in total. The Kier molecular flexibility index (Phi) is 5.99. The molecule has 2 aromatic carbocycles. The average Bonchev–Trinajstić information content (AvgIpc) is 3.20. The van der Waals surface area contributed by atoms with E-state index in [1.54, 1.807) is 18.1 Å². The minimum Gasteiger partial charge on any atom is -0.496 e. The van der Waals surface area contributed by atoms with E-state index in [1.165, 1.54) is 17.0 Å². The number of benzene rings is 2. The van der Waals surface area contributed by atoms with Crippen molar-refractivity contribution in [3.05, 3.63) is 59.4 Å². The van der Waals surface area contributed by atoms with Crippen LogP contribution < -0.4 is 14.5 Å². The van der Waals surface area contributed by atoms with Crippen LogP contribution in [0.15, 0.2) is 42.5 Å². The lowest BCUT2D eigenvalue weighted by molar-refractivity contribution is -0.917. The average molecular weight is 412 g/mol. The summed E-state index contributed by atoms with van der Waals surface area (Å²) in [5.74, 6) is 0.529. The zero-order chi connectivity index (χ0) is 21.1. The van der Waals surface area contributed by atoms with Crippen molar-refractivity contribution in [3.8, 4) is 5.75 Å². The van der Waals surface area contributed by atoms with E-state index in [9.17, 15) is 14.0 Å². The minimum atomic E-state index is -0.268. The molecular weight excluding hydrogens is 385 g/mol. The van der Waals surface area contributed by atoms with Gasteiger partial charge < -0.3 is 19.4 Å². The van der Waals surface area contributed by atoms with Crippen molar-refractivity contribution >= 4 is 17.5 Å². The molecule has 2 aromatic rings. The molecule has 2 amide bonds. The van der Waals surface area contributed by atoms with Crippen molar-refractivity contribution in [3.63, 3.8) is 0 Å². The van der Waals surface area contributed by atoms with Gasteiger partial charge in [0, 0.05) is 24.2 Å². The molecule has 2 heterocycles. The van der Waals surface area contributed by atoms with E-state index >= 15 is 0 Å². The Hall–Kier alpha value is -2.93. The first-order chi connectivity index (χ1) is 14.5. The number of hydrogen-bond acceptors (Lipinski definition) is 3. The number of amides is 2. The second-order valence-corrected chi connectivity index (χ2v) is 7.87. The number of piperazine rings is 1. The molecular formula is C23H27FN3O3+. The van der Waals surface area contributed by atoms with Crippen molar-refractivity contribution < 1.29 is 23.6 Å². The second kappa shape index (κ2) is 8.83. The third-order valence-electron chi connectivity index (χ3n) is 5.92. The van der Waals surface area contributed by atoms with Gasteiger partial charge in [-0.3, -0.25) is 9.59 Å². The molecule has 7 heteroatoms. The normalized spacial score (nSPS) is 17.5.